The summed E-state index contributed by atoms with van der Waals surface area (Å²) in [5.41, 5.74) is 7.25. The molecule has 4 rings (SSSR count). The molecule has 0 spiro atoms. The van der Waals surface area contributed by atoms with Crippen LogP contribution in [0.4, 0.5) is 5.69 Å². The van der Waals surface area contributed by atoms with Gasteiger partial charge in [0, 0.05) is 23.6 Å². The van der Waals surface area contributed by atoms with Gasteiger partial charge in [-0.2, -0.15) is 0 Å². The minimum absolute atomic E-state index is 0.0890. The van der Waals surface area contributed by atoms with Gasteiger partial charge >= 0.3 is 5.97 Å². The molecule has 3 heterocycles. The van der Waals surface area contributed by atoms with Gasteiger partial charge in [0.05, 0.1) is 0 Å². The molecular formula is C18H17N3O5S. The lowest BCUT2D eigenvalue weighted by molar-refractivity contribution is -0.147. The highest BCUT2D eigenvalue weighted by Crippen LogP contribution is 2.40. The highest BCUT2D eigenvalue weighted by Gasteiger charge is 2.51. The summed E-state index contributed by atoms with van der Waals surface area (Å²) in [6.07, 6.45) is 2.06. The molecule has 0 aliphatic carbocycles. The van der Waals surface area contributed by atoms with Crippen molar-refractivity contribution in [2.75, 3.05) is 17.2 Å². The number of β-lactam (4-membered cyclic amide) rings is 1. The van der Waals surface area contributed by atoms with Gasteiger partial charge in [0.15, 0.2) is 0 Å². The number of amides is 2. The van der Waals surface area contributed by atoms with Crippen LogP contribution in [0.3, 0.4) is 0 Å². The quantitative estimate of drug-likeness (QED) is 0.513. The number of fused-ring (bicyclic) bond motifs is 1. The minimum Gasteiger partial charge on any atom is -0.508 e. The number of anilines is 1. The van der Waals surface area contributed by atoms with E-state index in [1.165, 1.54) is 28.8 Å². The van der Waals surface area contributed by atoms with E-state index >= 15 is 0 Å². The normalized spacial score (nSPS) is 26.5. The first-order chi connectivity index (χ1) is 12.9. The average molecular weight is 387 g/mol. The van der Waals surface area contributed by atoms with Gasteiger partial charge in [-0.3, -0.25) is 14.5 Å². The lowest BCUT2D eigenvalue weighted by atomic mass is 10.0. The molecule has 0 aromatic heterocycles. The van der Waals surface area contributed by atoms with Crippen LogP contribution in [0.25, 0.3) is 0 Å². The molecule has 1 aromatic carbocycles. The van der Waals surface area contributed by atoms with Crippen LogP contribution in [0.2, 0.25) is 0 Å². The lowest BCUT2D eigenvalue weighted by Gasteiger charge is -2.47. The lowest BCUT2D eigenvalue weighted by Crippen LogP contribution is -2.68. The molecule has 2 unspecified atom stereocenters. The van der Waals surface area contributed by atoms with Crippen LogP contribution in [0, 0.1) is 0 Å². The molecule has 2 amide bonds. The number of hydrogen-bond donors (Lipinski definition) is 3. The highest BCUT2D eigenvalue weighted by molar-refractivity contribution is 8.00. The third-order valence-electron chi connectivity index (χ3n) is 4.88. The van der Waals surface area contributed by atoms with Gasteiger partial charge < -0.3 is 20.8 Å². The third kappa shape index (κ3) is 2.79. The topological polar surface area (TPSA) is 124 Å². The maximum absolute atomic E-state index is 12.7. The van der Waals surface area contributed by atoms with E-state index in [0.717, 1.165) is 0 Å². The number of phenols is 1. The van der Waals surface area contributed by atoms with E-state index < -0.39 is 17.9 Å². The zero-order valence-electron chi connectivity index (χ0n) is 14.2. The molecule has 8 nitrogen and oxygen atoms in total. The van der Waals surface area contributed by atoms with E-state index in [2.05, 4.69) is 0 Å². The Morgan fingerprint density at radius 2 is 1.96 bits per heavy atom. The van der Waals surface area contributed by atoms with Crippen LogP contribution in [0.1, 0.15) is 6.42 Å². The number of rotatable bonds is 3. The second-order valence-corrected chi connectivity index (χ2v) is 7.61. The smallest absolute Gasteiger partial charge is 0.352 e. The Kier molecular flexibility index (Phi) is 4.20. The van der Waals surface area contributed by atoms with Gasteiger partial charge in [0.1, 0.15) is 22.9 Å². The summed E-state index contributed by atoms with van der Waals surface area (Å²) in [4.78, 5) is 39.3. The molecule has 2 saturated heterocycles. The van der Waals surface area contributed by atoms with Crippen LogP contribution < -0.4 is 10.6 Å². The number of hydrogen-bond acceptors (Lipinski definition) is 6. The van der Waals surface area contributed by atoms with Crippen molar-refractivity contribution in [1.29, 1.82) is 0 Å². The van der Waals surface area contributed by atoms with Crippen LogP contribution in [0.5, 0.6) is 5.75 Å². The number of carboxylic acid groups (broad SMARTS) is 1. The Balaban J connectivity index is 1.64. The molecule has 0 saturated carbocycles. The predicted octanol–water partition coefficient (Wildman–Crippen LogP) is 0.636. The van der Waals surface area contributed by atoms with Crippen molar-refractivity contribution in [3.8, 4) is 5.75 Å². The number of carbonyl (C=O) groups is 3. The van der Waals surface area contributed by atoms with Gasteiger partial charge in [-0.25, -0.2) is 4.79 Å². The second-order valence-electron chi connectivity index (χ2n) is 6.51. The van der Waals surface area contributed by atoms with Crippen molar-refractivity contribution < 1.29 is 24.6 Å². The molecule has 2 fully saturated rings. The summed E-state index contributed by atoms with van der Waals surface area (Å²) in [6, 6.07) is 5.63. The van der Waals surface area contributed by atoms with Crippen LogP contribution >= 0.6 is 11.8 Å². The molecular weight excluding hydrogens is 370 g/mol. The fraction of sp³-hybridized carbons (Fsp3) is 0.278. The fourth-order valence-electron chi connectivity index (χ4n) is 3.49. The van der Waals surface area contributed by atoms with Crippen molar-refractivity contribution >= 4 is 35.2 Å². The van der Waals surface area contributed by atoms with Crippen molar-refractivity contribution in [2.45, 2.75) is 17.8 Å². The van der Waals surface area contributed by atoms with Gasteiger partial charge in [-0.15, -0.1) is 11.8 Å². The maximum atomic E-state index is 12.7. The zero-order chi connectivity index (χ0) is 19.3. The predicted molar refractivity (Wildman–Crippen MR) is 98.9 cm³/mol. The number of benzene rings is 1. The Morgan fingerprint density at radius 3 is 2.63 bits per heavy atom. The van der Waals surface area contributed by atoms with Crippen molar-refractivity contribution in [3.05, 3.63) is 47.2 Å². The molecule has 0 bridgehead atoms. The highest BCUT2D eigenvalue weighted by atomic mass is 32.2. The zero-order valence-corrected chi connectivity index (χ0v) is 15.0. The van der Waals surface area contributed by atoms with Gasteiger partial charge in [0.2, 0.25) is 5.91 Å². The van der Waals surface area contributed by atoms with E-state index in [1.54, 1.807) is 23.1 Å². The largest absolute Gasteiger partial charge is 0.508 e. The number of carbonyl (C=O) groups excluding carboxylic acids is 2. The molecule has 9 heteroatoms. The number of allylic oxidation sites excluding steroid dienone is 1. The molecule has 1 aromatic rings. The monoisotopic (exact) mass is 387 g/mol. The summed E-state index contributed by atoms with van der Waals surface area (Å²) in [5, 5.41) is 18.6. The Hall–Kier alpha value is -2.78. The maximum Gasteiger partial charge on any atom is 0.352 e. The standard InChI is InChI=1S/C18H17N3O5S/c19-13-16(24)21-14(18(25)26)10(8-27-17(13)21)7-9-5-6-20(15(9)23)11-1-3-12(22)4-2-11/h1-4,7,13,17,22H,5-6,8,19H2,(H,25,26). The van der Waals surface area contributed by atoms with E-state index in [1.807, 2.05) is 0 Å². The molecule has 140 valence electrons. The van der Waals surface area contributed by atoms with E-state index in [4.69, 9.17) is 5.73 Å². The van der Waals surface area contributed by atoms with Gasteiger partial charge in [-0.05, 0) is 42.3 Å². The minimum atomic E-state index is -1.20. The first-order valence-corrected chi connectivity index (χ1v) is 9.41. The van der Waals surface area contributed by atoms with E-state index in [9.17, 15) is 24.6 Å². The molecule has 0 radical (unpaired) electrons. The summed E-state index contributed by atoms with van der Waals surface area (Å²) in [7, 11) is 0. The summed E-state index contributed by atoms with van der Waals surface area (Å²) in [5.74, 6) is -1.34. The molecule has 27 heavy (non-hydrogen) atoms. The summed E-state index contributed by atoms with van der Waals surface area (Å²) >= 11 is 1.40. The SMILES string of the molecule is NC1C(=O)N2C(C(=O)O)=C(C=C3CCN(c4ccc(O)cc4)C3=O)CSC12. The average Bonchev–Trinajstić information content (AvgIpc) is 3.01. The number of aliphatic carboxylic acids is 1. The molecule has 4 N–H and O–H groups in total. The Morgan fingerprint density at radius 1 is 1.26 bits per heavy atom. The third-order valence-corrected chi connectivity index (χ3v) is 6.20. The van der Waals surface area contributed by atoms with Crippen molar-refractivity contribution in [2.24, 2.45) is 5.73 Å². The number of phenolic OH excluding ortho intramolecular Hbond substituents is 1. The number of nitrogens with two attached hydrogens (primary N) is 1. The fourth-order valence-corrected chi connectivity index (χ4v) is 4.74. The van der Waals surface area contributed by atoms with E-state index in [-0.39, 0.29) is 22.7 Å². The number of nitrogens with zero attached hydrogens (tertiary/aromatic N) is 2. The first-order valence-electron chi connectivity index (χ1n) is 8.36. The number of carboxylic acids is 1. The Labute approximate surface area is 158 Å². The van der Waals surface area contributed by atoms with Gasteiger partial charge in [-0.1, -0.05) is 0 Å². The Bertz CT molecular complexity index is 908. The van der Waals surface area contributed by atoms with E-state index in [0.29, 0.717) is 35.6 Å². The molecule has 3 aliphatic heterocycles. The summed E-state index contributed by atoms with van der Waals surface area (Å²) < 4.78 is 0. The molecule has 3 aliphatic rings. The van der Waals surface area contributed by atoms with Gasteiger partial charge in [0.25, 0.3) is 5.91 Å². The summed E-state index contributed by atoms with van der Waals surface area (Å²) in [6.45, 7) is 0.467. The van der Waals surface area contributed by atoms with Crippen molar-refractivity contribution in [1.82, 2.24) is 4.90 Å². The van der Waals surface area contributed by atoms with Crippen molar-refractivity contribution in [3.63, 3.8) is 0 Å². The first kappa shape index (κ1) is 17.6. The number of thioether (sulfide) groups is 1. The second kappa shape index (κ2) is 6.43. The van der Waals surface area contributed by atoms with Crippen LogP contribution in [-0.2, 0) is 14.4 Å². The molecule has 2 atom stereocenters. The van der Waals surface area contributed by atoms with Crippen LogP contribution in [0.15, 0.2) is 47.2 Å². The number of aromatic hydroxyl groups is 1. The van der Waals surface area contributed by atoms with Crippen LogP contribution in [-0.4, -0.2) is 56.6 Å².